The molecular formula is C21H26N6O7. The Morgan fingerprint density at radius 3 is 2.62 bits per heavy atom. The number of hydrogen-bond acceptors (Lipinski definition) is 11. The Hall–Kier alpha value is -3.39. The molecule has 2 aromatic heterocycles. The van der Waals surface area contributed by atoms with Crippen molar-refractivity contribution in [1.82, 2.24) is 19.5 Å². The Bertz CT molecular complexity index is 1150. The molecule has 1 fully saturated rings. The number of anilines is 1. The van der Waals surface area contributed by atoms with Crippen molar-refractivity contribution in [3.63, 3.8) is 0 Å². The van der Waals surface area contributed by atoms with Crippen molar-refractivity contribution >= 4 is 22.8 Å². The Morgan fingerprint density at radius 1 is 1.26 bits per heavy atom. The third-order valence-electron chi connectivity index (χ3n) is 5.64. The quantitative estimate of drug-likeness (QED) is 0.258. The number of nitro benzene ring substituents is 1. The van der Waals surface area contributed by atoms with E-state index < -0.39 is 29.5 Å². The van der Waals surface area contributed by atoms with Gasteiger partial charge in [0.05, 0.1) is 11.0 Å². The Kier molecular flexibility index (Phi) is 6.88. The summed E-state index contributed by atoms with van der Waals surface area (Å²) in [6.07, 6.45) is -2.15. The van der Waals surface area contributed by atoms with Crippen LogP contribution in [0.15, 0.2) is 30.6 Å². The molecule has 4 N–H and O–H groups in total. The van der Waals surface area contributed by atoms with Crippen LogP contribution in [-0.4, -0.2) is 70.7 Å². The Morgan fingerprint density at radius 2 is 2.00 bits per heavy atom. The monoisotopic (exact) mass is 474 g/mol. The molecule has 4 rings (SSSR count). The minimum Gasteiger partial charge on any atom is -0.471 e. The number of ether oxygens (including phenoxy) is 2. The van der Waals surface area contributed by atoms with Gasteiger partial charge in [-0.1, -0.05) is 0 Å². The predicted molar refractivity (Wildman–Crippen MR) is 119 cm³/mol. The molecule has 1 unspecified atom stereocenters. The lowest BCUT2D eigenvalue weighted by molar-refractivity contribution is -0.384. The molecule has 13 heteroatoms. The van der Waals surface area contributed by atoms with E-state index in [2.05, 4.69) is 20.3 Å². The number of non-ortho nitro benzene ring substituents is 1. The molecule has 0 bridgehead atoms. The largest absolute Gasteiger partial charge is 0.471 e. The lowest BCUT2D eigenvalue weighted by atomic mass is 10.1. The van der Waals surface area contributed by atoms with Crippen LogP contribution in [-0.2, 0) is 11.3 Å². The number of nitrogens with zero attached hydrogens (tertiary/aromatic N) is 5. The fraction of sp³-hybridized carbons (Fsp3) is 0.476. The first-order chi connectivity index (χ1) is 16.3. The highest BCUT2D eigenvalue weighted by Crippen LogP contribution is 2.36. The molecule has 34 heavy (non-hydrogen) atoms. The third-order valence-corrected chi connectivity index (χ3v) is 5.64. The van der Waals surface area contributed by atoms with E-state index in [0.717, 1.165) is 0 Å². The topological polar surface area (TPSA) is 178 Å². The fourth-order valence-corrected chi connectivity index (χ4v) is 3.73. The molecule has 0 radical (unpaired) electrons. The number of aliphatic hydroxyl groups is 3. The van der Waals surface area contributed by atoms with Gasteiger partial charge in [0, 0.05) is 24.8 Å². The van der Waals surface area contributed by atoms with Crippen molar-refractivity contribution in [2.75, 3.05) is 11.9 Å². The number of imidazole rings is 1. The van der Waals surface area contributed by atoms with Crippen molar-refractivity contribution in [3.05, 3.63) is 46.3 Å². The zero-order valence-corrected chi connectivity index (χ0v) is 18.6. The van der Waals surface area contributed by atoms with E-state index in [1.165, 1.54) is 18.5 Å². The summed E-state index contributed by atoms with van der Waals surface area (Å²) in [5, 5.41) is 44.1. The molecule has 182 valence electrons. The molecular weight excluding hydrogens is 448 g/mol. The highest BCUT2D eigenvalue weighted by atomic mass is 16.6. The smallest absolute Gasteiger partial charge is 0.269 e. The Balaban J connectivity index is 1.68. The second-order valence-electron chi connectivity index (χ2n) is 8.14. The summed E-state index contributed by atoms with van der Waals surface area (Å²) in [6.45, 7) is 3.57. The minimum atomic E-state index is -1.22. The van der Waals surface area contributed by atoms with Crippen LogP contribution >= 0.6 is 0 Å². The van der Waals surface area contributed by atoms with Crippen molar-refractivity contribution in [3.8, 4) is 5.88 Å². The van der Waals surface area contributed by atoms with Crippen LogP contribution in [0.3, 0.4) is 0 Å². The van der Waals surface area contributed by atoms with E-state index in [0.29, 0.717) is 29.1 Å². The van der Waals surface area contributed by atoms with Gasteiger partial charge in [0.25, 0.3) is 5.69 Å². The third kappa shape index (κ3) is 4.63. The molecule has 1 aromatic carbocycles. The number of nitro groups is 1. The first kappa shape index (κ1) is 23.8. The number of fused-ring (bicyclic) bond motifs is 1. The van der Waals surface area contributed by atoms with E-state index in [9.17, 15) is 25.4 Å². The molecule has 0 aliphatic carbocycles. The molecule has 1 saturated heterocycles. The first-order valence-corrected chi connectivity index (χ1v) is 10.8. The molecule has 5 atom stereocenters. The molecule has 3 aromatic rings. The summed E-state index contributed by atoms with van der Waals surface area (Å²) >= 11 is 0. The predicted octanol–water partition coefficient (Wildman–Crippen LogP) is 1.14. The van der Waals surface area contributed by atoms with Crippen LogP contribution in [0.5, 0.6) is 5.88 Å². The van der Waals surface area contributed by atoms with Crippen LogP contribution in [0.4, 0.5) is 11.6 Å². The molecule has 0 amide bonds. The maximum Gasteiger partial charge on any atom is 0.269 e. The molecule has 13 nitrogen and oxygen atoms in total. The summed E-state index contributed by atoms with van der Waals surface area (Å²) < 4.78 is 13.2. The highest BCUT2D eigenvalue weighted by Gasteiger charge is 2.43. The van der Waals surface area contributed by atoms with Gasteiger partial charge in [-0.25, -0.2) is 9.97 Å². The van der Waals surface area contributed by atoms with E-state index in [1.54, 1.807) is 23.6 Å². The molecule has 3 heterocycles. The first-order valence-electron chi connectivity index (χ1n) is 10.8. The number of benzene rings is 1. The lowest BCUT2D eigenvalue weighted by Crippen LogP contribution is -2.31. The van der Waals surface area contributed by atoms with E-state index in [-0.39, 0.29) is 30.8 Å². The van der Waals surface area contributed by atoms with Gasteiger partial charge in [-0.05, 0) is 38.0 Å². The van der Waals surface area contributed by atoms with Crippen LogP contribution in [0.25, 0.3) is 11.2 Å². The summed E-state index contributed by atoms with van der Waals surface area (Å²) in [5.74, 6) is 0.475. The van der Waals surface area contributed by atoms with E-state index in [4.69, 9.17) is 9.47 Å². The van der Waals surface area contributed by atoms with Crippen molar-refractivity contribution in [1.29, 1.82) is 0 Å². The summed E-state index contributed by atoms with van der Waals surface area (Å²) in [6, 6.07) is 5.78. The second kappa shape index (κ2) is 9.85. The summed E-state index contributed by atoms with van der Waals surface area (Å²) in [5.41, 5.74) is 1.29. The summed E-state index contributed by atoms with van der Waals surface area (Å²) in [7, 11) is 0. The average molecular weight is 474 g/mol. The summed E-state index contributed by atoms with van der Waals surface area (Å²) in [4.78, 5) is 23.4. The van der Waals surface area contributed by atoms with Gasteiger partial charge in [0.15, 0.2) is 17.4 Å². The van der Waals surface area contributed by atoms with Crippen LogP contribution in [0.1, 0.15) is 32.1 Å². The van der Waals surface area contributed by atoms with Crippen molar-refractivity contribution in [2.24, 2.45) is 0 Å². The number of aromatic nitrogens is 4. The Labute approximate surface area is 194 Å². The maximum atomic E-state index is 10.8. The molecule has 0 spiro atoms. The second-order valence-corrected chi connectivity index (χ2v) is 8.14. The van der Waals surface area contributed by atoms with Crippen LogP contribution < -0.4 is 10.1 Å². The SMILES string of the molecule is CC(CCO)Nc1nc2c(OCc3ccc([N+](=O)[O-])cc3)ncnc2n1[C@@H]1O[C@H](C)[C@@H](O)[C@H]1O. The van der Waals surface area contributed by atoms with Gasteiger partial charge in [0.1, 0.15) is 25.1 Å². The number of aliphatic hydroxyl groups excluding tert-OH is 3. The van der Waals surface area contributed by atoms with Gasteiger partial charge in [-0.15, -0.1) is 0 Å². The number of hydrogen-bond donors (Lipinski definition) is 4. The van der Waals surface area contributed by atoms with Crippen molar-refractivity contribution in [2.45, 2.75) is 57.5 Å². The average Bonchev–Trinajstić information content (AvgIpc) is 3.29. The van der Waals surface area contributed by atoms with Gasteiger partial charge in [-0.2, -0.15) is 4.98 Å². The van der Waals surface area contributed by atoms with Gasteiger partial charge in [0.2, 0.25) is 11.8 Å². The van der Waals surface area contributed by atoms with E-state index in [1.807, 2.05) is 6.92 Å². The van der Waals surface area contributed by atoms with Crippen LogP contribution in [0.2, 0.25) is 0 Å². The normalized spacial score (nSPS) is 23.2. The lowest BCUT2D eigenvalue weighted by Gasteiger charge is -2.21. The van der Waals surface area contributed by atoms with Crippen LogP contribution in [0, 0.1) is 10.1 Å². The van der Waals surface area contributed by atoms with E-state index >= 15 is 0 Å². The molecule has 0 saturated carbocycles. The minimum absolute atomic E-state index is 0.0221. The molecule has 1 aliphatic rings. The zero-order chi connectivity index (χ0) is 24.4. The standard InChI is InChI=1S/C21H26N6O7/c1-11(7-8-28)24-21-25-15-18(26(21)20-17(30)16(29)12(2)34-20)22-10-23-19(15)33-9-13-3-5-14(6-4-13)27(31)32/h3-6,10-12,16-17,20,28-30H,7-9H2,1-2H3,(H,24,25)/t11?,12-,16-,17-,20-/m1/s1. The zero-order valence-electron chi connectivity index (χ0n) is 18.6. The fourth-order valence-electron chi connectivity index (χ4n) is 3.73. The van der Waals surface area contributed by atoms with Gasteiger partial charge < -0.3 is 30.1 Å². The highest BCUT2D eigenvalue weighted by molar-refractivity contribution is 5.79. The van der Waals surface area contributed by atoms with Gasteiger partial charge >= 0.3 is 0 Å². The number of nitrogens with one attached hydrogen (secondary N) is 1. The molecule has 1 aliphatic heterocycles. The maximum absolute atomic E-state index is 10.8. The number of rotatable bonds is 9. The van der Waals surface area contributed by atoms with Crippen molar-refractivity contribution < 1.29 is 29.7 Å². The van der Waals surface area contributed by atoms with Gasteiger partial charge in [-0.3, -0.25) is 14.7 Å².